The minimum atomic E-state index is -1.29. The van der Waals surface area contributed by atoms with Crippen LogP contribution in [0, 0.1) is 11.6 Å². The van der Waals surface area contributed by atoms with Crippen LogP contribution in [0.1, 0.15) is 57.8 Å². The second kappa shape index (κ2) is 9.74. The van der Waals surface area contributed by atoms with Crippen molar-refractivity contribution < 1.29 is 32.6 Å². The molecule has 1 atom stereocenters. The number of hydrogen-bond donors (Lipinski definition) is 1. The van der Waals surface area contributed by atoms with Gasteiger partial charge in [-0.3, -0.25) is 4.79 Å². The van der Waals surface area contributed by atoms with Crippen LogP contribution in [0.25, 0.3) is 0 Å². The van der Waals surface area contributed by atoms with Crippen LogP contribution in [0.2, 0.25) is 5.02 Å². The van der Waals surface area contributed by atoms with Crippen molar-refractivity contribution in [3.8, 4) is 0 Å². The first-order chi connectivity index (χ1) is 14.7. The molecule has 1 aromatic carbocycles. The number of hydrogen-bond acceptors (Lipinski definition) is 6. The minimum Gasteiger partial charge on any atom is -0.462 e. The average Bonchev–Trinajstić information content (AvgIpc) is 3.08. The molecule has 1 heterocycles. The topological polar surface area (TPSA) is 81.7 Å². The van der Waals surface area contributed by atoms with Gasteiger partial charge in [0.05, 0.1) is 22.8 Å². The molecular formula is C21H20ClF2NO5S. The van der Waals surface area contributed by atoms with E-state index in [9.17, 15) is 23.2 Å². The minimum absolute atomic E-state index is 0.194. The van der Waals surface area contributed by atoms with Gasteiger partial charge in [-0.2, -0.15) is 0 Å². The van der Waals surface area contributed by atoms with Gasteiger partial charge in [0.25, 0.3) is 5.91 Å². The molecule has 0 saturated heterocycles. The third-order valence-corrected chi connectivity index (χ3v) is 6.29. The Morgan fingerprint density at radius 1 is 1.16 bits per heavy atom. The molecule has 0 saturated carbocycles. The van der Waals surface area contributed by atoms with E-state index in [4.69, 9.17) is 21.1 Å². The van der Waals surface area contributed by atoms with Crippen LogP contribution >= 0.6 is 22.9 Å². The number of nitrogens with one attached hydrogen (secondary N) is 1. The maximum absolute atomic E-state index is 13.4. The van der Waals surface area contributed by atoms with Crippen molar-refractivity contribution in [1.29, 1.82) is 0 Å². The van der Waals surface area contributed by atoms with E-state index in [1.165, 1.54) is 18.3 Å². The molecule has 1 aromatic heterocycles. The summed E-state index contributed by atoms with van der Waals surface area (Å²) >= 11 is 7.07. The number of halogens is 3. The quantitative estimate of drug-likeness (QED) is 0.477. The molecule has 0 fully saturated rings. The van der Waals surface area contributed by atoms with Crippen molar-refractivity contribution in [1.82, 2.24) is 0 Å². The molecule has 1 unspecified atom stereocenters. The number of anilines is 1. The summed E-state index contributed by atoms with van der Waals surface area (Å²) in [5.41, 5.74) is 0.805. The van der Waals surface area contributed by atoms with Crippen LogP contribution < -0.4 is 5.32 Å². The van der Waals surface area contributed by atoms with Crippen molar-refractivity contribution >= 4 is 45.8 Å². The second-order valence-electron chi connectivity index (χ2n) is 6.92. The van der Waals surface area contributed by atoms with E-state index in [1.807, 2.05) is 0 Å². The number of carbonyl (C=O) groups excluding carboxylic acids is 3. The van der Waals surface area contributed by atoms with E-state index in [2.05, 4.69) is 5.32 Å². The molecule has 6 nitrogen and oxygen atoms in total. The highest BCUT2D eigenvalue weighted by Gasteiger charge is 2.29. The van der Waals surface area contributed by atoms with Crippen LogP contribution in [0.3, 0.4) is 0 Å². The zero-order chi connectivity index (χ0) is 22.7. The van der Waals surface area contributed by atoms with Crippen LogP contribution in [0.15, 0.2) is 12.1 Å². The molecule has 10 heteroatoms. The fraction of sp³-hybridized carbons (Fsp3) is 0.381. The number of aryl methyl sites for hydroxylation is 1. The number of benzene rings is 1. The summed E-state index contributed by atoms with van der Waals surface area (Å²) in [6.07, 6.45) is 2.17. The molecule has 1 amide bonds. The SMILES string of the molecule is CCOC(=O)c1c(NC(=O)C(C)OC(=O)c2cc(F)c(F)cc2Cl)sc2c1CCCC2. The molecule has 0 radical (unpaired) electrons. The van der Waals surface area contributed by atoms with Gasteiger partial charge in [0.1, 0.15) is 5.00 Å². The van der Waals surface area contributed by atoms with Crippen LogP contribution in [0.5, 0.6) is 0 Å². The normalized spacial score (nSPS) is 13.8. The molecule has 31 heavy (non-hydrogen) atoms. The summed E-state index contributed by atoms with van der Waals surface area (Å²) < 4.78 is 36.8. The fourth-order valence-corrected chi connectivity index (χ4v) is 4.75. The summed E-state index contributed by atoms with van der Waals surface area (Å²) in [6.45, 7) is 3.21. The van der Waals surface area contributed by atoms with Crippen molar-refractivity contribution in [2.24, 2.45) is 0 Å². The van der Waals surface area contributed by atoms with Gasteiger partial charge in [-0.05, 0) is 57.2 Å². The van der Waals surface area contributed by atoms with Crippen LogP contribution in [-0.2, 0) is 27.1 Å². The fourth-order valence-electron chi connectivity index (χ4n) is 3.24. The van der Waals surface area contributed by atoms with Gasteiger partial charge < -0.3 is 14.8 Å². The lowest BCUT2D eigenvalue weighted by Crippen LogP contribution is -2.30. The number of ether oxygens (including phenoxy) is 2. The monoisotopic (exact) mass is 471 g/mol. The van der Waals surface area contributed by atoms with E-state index in [0.717, 1.165) is 36.1 Å². The molecule has 166 valence electrons. The van der Waals surface area contributed by atoms with Gasteiger partial charge in [-0.25, -0.2) is 18.4 Å². The Labute approximate surface area is 186 Å². The van der Waals surface area contributed by atoms with Gasteiger partial charge in [0.2, 0.25) is 0 Å². The van der Waals surface area contributed by atoms with E-state index < -0.39 is 41.1 Å². The average molecular weight is 472 g/mol. The summed E-state index contributed by atoms with van der Waals surface area (Å²) in [5, 5.41) is 2.63. The molecule has 1 aliphatic rings. The number of fused-ring (bicyclic) bond motifs is 1. The Morgan fingerprint density at radius 3 is 2.55 bits per heavy atom. The lowest BCUT2D eigenvalue weighted by molar-refractivity contribution is -0.123. The summed E-state index contributed by atoms with van der Waals surface area (Å²) in [6, 6.07) is 1.26. The first-order valence-corrected chi connectivity index (χ1v) is 10.9. The summed E-state index contributed by atoms with van der Waals surface area (Å²) in [4.78, 5) is 38.4. The Kier molecular flexibility index (Phi) is 7.27. The third kappa shape index (κ3) is 5.04. The van der Waals surface area contributed by atoms with E-state index in [1.54, 1.807) is 6.92 Å². The van der Waals surface area contributed by atoms with Gasteiger partial charge in [-0.15, -0.1) is 11.3 Å². The van der Waals surface area contributed by atoms with E-state index in [0.29, 0.717) is 22.7 Å². The molecule has 0 spiro atoms. The van der Waals surface area contributed by atoms with Crippen LogP contribution in [0.4, 0.5) is 13.8 Å². The zero-order valence-corrected chi connectivity index (χ0v) is 18.4. The third-order valence-electron chi connectivity index (χ3n) is 4.77. The molecule has 0 aliphatic heterocycles. The standard InChI is InChI=1S/C21H20ClF2NO5S/c1-3-29-21(28)17-11-6-4-5-7-16(11)31-19(17)25-18(26)10(2)30-20(27)12-8-14(23)15(24)9-13(12)22/h8-10H,3-7H2,1-2H3,(H,25,26). The number of esters is 2. The highest BCUT2D eigenvalue weighted by Crippen LogP contribution is 2.38. The Balaban J connectivity index is 1.77. The number of thiophene rings is 1. The first kappa shape index (κ1) is 23.1. The number of amides is 1. The zero-order valence-electron chi connectivity index (χ0n) is 16.9. The van der Waals surface area contributed by atoms with E-state index >= 15 is 0 Å². The molecule has 1 N–H and O–H groups in total. The molecule has 1 aliphatic carbocycles. The second-order valence-corrected chi connectivity index (χ2v) is 8.43. The largest absolute Gasteiger partial charge is 0.462 e. The van der Waals surface area contributed by atoms with Gasteiger partial charge in [0, 0.05) is 4.88 Å². The van der Waals surface area contributed by atoms with Gasteiger partial charge in [0.15, 0.2) is 17.7 Å². The Bertz CT molecular complexity index is 1040. The van der Waals surface area contributed by atoms with Crippen molar-refractivity contribution in [3.05, 3.63) is 50.4 Å². The Morgan fingerprint density at radius 2 is 1.84 bits per heavy atom. The van der Waals surface area contributed by atoms with Crippen molar-refractivity contribution in [3.63, 3.8) is 0 Å². The number of carbonyl (C=O) groups is 3. The van der Waals surface area contributed by atoms with Gasteiger partial charge >= 0.3 is 11.9 Å². The van der Waals surface area contributed by atoms with Crippen molar-refractivity contribution in [2.45, 2.75) is 45.6 Å². The predicted octanol–water partition coefficient (Wildman–Crippen LogP) is 4.92. The van der Waals surface area contributed by atoms with Crippen LogP contribution in [-0.4, -0.2) is 30.6 Å². The first-order valence-electron chi connectivity index (χ1n) is 9.71. The maximum atomic E-state index is 13.4. The smallest absolute Gasteiger partial charge is 0.341 e. The van der Waals surface area contributed by atoms with E-state index in [-0.39, 0.29) is 11.6 Å². The summed E-state index contributed by atoms with van der Waals surface area (Å²) in [7, 11) is 0. The molecular weight excluding hydrogens is 452 g/mol. The number of rotatable bonds is 6. The van der Waals surface area contributed by atoms with Crippen molar-refractivity contribution in [2.75, 3.05) is 11.9 Å². The lowest BCUT2D eigenvalue weighted by Gasteiger charge is -2.15. The molecule has 2 aromatic rings. The Hall–Kier alpha value is -2.52. The predicted molar refractivity (Wildman–Crippen MR) is 112 cm³/mol. The lowest BCUT2D eigenvalue weighted by atomic mass is 9.95. The highest BCUT2D eigenvalue weighted by molar-refractivity contribution is 7.17. The van der Waals surface area contributed by atoms with Gasteiger partial charge in [-0.1, -0.05) is 11.6 Å². The molecule has 0 bridgehead atoms. The summed E-state index contributed by atoms with van der Waals surface area (Å²) in [5.74, 6) is -4.76. The molecule has 3 rings (SSSR count). The highest BCUT2D eigenvalue weighted by atomic mass is 35.5. The maximum Gasteiger partial charge on any atom is 0.341 e.